The van der Waals surface area contributed by atoms with E-state index in [1.807, 2.05) is 6.07 Å². The van der Waals surface area contributed by atoms with E-state index in [4.69, 9.17) is 4.74 Å². The Morgan fingerprint density at radius 3 is 3.00 bits per heavy atom. The molecule has 0 aliphatic carbocycles. The van der Waals surface area contributed by atoms with E-state index in [0.29, 0.717) is 0 Å². The molecule has 1 fully saturated rings. The maximum atomic E-state index is 5.27. The molecule has 0 radical (unpaired) electrons. The third-order valence-electron chi connectivity index (χ3n) is 2.36. The van der Waals surface area contributed by atoms with Crippen LogP contribution in [0.15, 0.2) is 12.3 Å². The Hall–Kier alpha value is -0.870. The summed E-state index contributed by atoms with van der Waals surface area (Å²) < 4.78 is 5.27. The zero-order valence-corrected chi connectivity index (χ0v) is 7.70. The van der Waals surface area contributed by atoms with Gasteiger partial charge in [0.15, 0.2) is 0 Å². The minimum atomic E-state index is 0.878. The van der Waals surface area contributed by atoms with Crippen molar-refractivity contribution in [3.05, 3.63) is 18.0 Å². The first-order valence-corrected chi connectivity index (χ1v) is 4.73. The predicted octanol–water partition coefficient (Wildman–Crippen LogP) is 0.284. The molecule has 0 saturated carbocycles. The van der Waals surface area contributed by atoms with Crippen molar-refractivity contribution in [3.8, 4) is 0 Å². The van der Waals surface area contributed by atoms with Gasteiger partial charge in [0.2, 0.25) is 0 Å². The Balaban J connectivity index is 1.72. The Morgan fingerprint density at radius 2 is 2.31 bits per heavy atom. The van der Waals surface area contributed by atoms with Crippen molar-refractivity contribution in [2.75, 3.05) is 32.8 Å². The average molecular weight is 181 g/mol. The Kier molecular flexibility index (Phi) is 2.94. The monoisotopic (exact) mass is 181 g/mol. The first-order valence-electron chi connectivity index (χ1n) is 4.73. The van der Waals surface area contributed by atoms with Gasteiger partial charge in [0, 0.05) is 37.9 Å². The van der Waals surface area contributed by atoms with Gasteiger partial charge < -0.3 is 4.74 Å². The fraction of sp³-hybridized carbons (Fsp3) is 0.667. The van der Waals surface area contributed by atoms with Gasteiger partial charge in [-0.15, -0.1) is 0 Å². The third kappa shape index (κ3) is 2.54. The van der Waals surface area contributed by atoms with Gasteiger partial charge in [-0.05, 0) is 6.07 Å². The topological polar surface area (TPSA) is 41.1 Å². The summed E-state index contributed by atoms with van der Waals surface area (Å²) in [5, 5.41) is 6.89. The molecule has 1 N–H and O–H groups in total. The summed E-state index contributed by atoms with van der Waals surface area (Å²) in [5.41, 5.74) is 1.21. The van der Waals surface area contributed by atoms with Gasteiger partial charge in [0.25, 0.3) is 0 Å². The van der Waals surface area contributed by atoms with Crippen LogP contribution in [0, 0.1) is 0 Å². The molecule has 0 atom stereocenters. The number of rotatable bonds is 3. The highest BCUT2D eigenvalue weighted by Crippen LogP contribution is 2.00. The van der Waals surface area contributed by atoms with Gasteiger partial charge in [0.05, 0.1) is 13.2 Å². The highest BCUT2D eigenvalue weighted by Gasteiger charge is 2.09. The number of aromatic nitrogens is 2. The number of morpholine rings is 1. The molecule has 0 amide bonds. The molecule has 1 aliphatic rings. The Morgan fingerprint density at radius 1 is 1.46 bits per heavy atom. The largest absolute Gasteiger partial charge is 0.379 e. The summed E-state index contributed by atoms with van der Waals surface area (Å²) in [6.07, 6.45) is 2.86. The van der Waals surface area contributed by atoms with E-state index < -0.39 is 0 Å². The normalized spacial score (nSPS) is 19.1. The van der Waals surface area contributed by atoms with E-state index in [9.17, 15) is 0 Å². The summed E-state index contributed by atoms with van der Waals surface area (Å²) in [6.45, 7) is 4.99. The van der Waals surface area contributed by atoms with Crippen LogP contribution >= 0.6 is 0 Å². The second kappa shape index (κ2) is 4.39. The van der Waals surface area contributed by atoms with Crippen LogP contribution in [0.5, 0.6) is 0 Å². The number of nitrogens with zero attached hydrogens (tertiary/aromatic N) is 2. The Bertz CT molecular complexity index is 229. The van der Waals surface area contributed by atoms with E-state index >= 15 is 0 Å². The van der Waals surface area contributed by atoms with Crippen LogP contribution in [0.4, 0.5) is 0 Å². The molecule has 1 saturated heterocycles. The van der Waals surface area contributed by atoms with Crippen molar-refractivity contribution in [2.45, 2.75) is 6.42 Å². The molecule has 1 aromatic heterocycles. The first kappa shape index (κ1) is 8.72. The predicted molar refractivity (Wildman–Crippen MR) is 49.6 cm³/mol. The van der Waals surface area contributed by atoms with Crippen LogP contribution in [0.25, 0.3) is 0 Å². The van der Waals surface area contributed by atoms with Crippen molar-refractivity contribution < 1.29 is 4.74 Å². The molecule has 2 rings (SSSR count). The lowest BCUT2D eigenvalue weighted by Gasteiger charge is -2.26. The van der Waals surface area contributed by atoms with Crippen molar-refractivity contribution in [3.63, 3.8) is 0 Å². The fourth-order valence-electron chi connectivity index (χ4n) is 1.53. The third-order valence-corrected chi connectivity index (χ3v) is 2.36. The summed E-state index contributed by atoms with van der Waals surface area (Å²) in [6, 6.07) is 2.03. The molecule has 0 aromatic carbocycles. The van der Waals surface area contributed by atoms with Crippen LogP contribution in [-0.4, -0.2) is 47.9 Å². The lowest BCUT2D eigenvalue weighted by Crippen LogP contribution is -2.37. The van der Waals surface area contributed by atoms with Crippen LogP contribution < -0.4 is 0 Å². The summed E-state index contributed by atoms with van der Waals surface area (Å²) >= 11 is 0. The fourth-order valence-corrected chi connectivity index (χ4v) is 1.53. The van der Waals surface area contributed by atoms with Crippen molar-refractivity contribution in [2.24, 2.45) is 0 Å². The highest BCUT2D eigenvalue weighted by atomic mass is 16.5. The molecule has 2 heterocycles. The van der Waals surface area contributed by atoms with Gasteiger partial charge in [-0.2, -0.15) is 5.10 Å². The molecule has 0 spiro atoms. The molecule has 4 nitrogen and oxygen atoms in total. The zero-order chi connectivity index (χ0) is 8.93. The van der Waals surface area contributed by atoms with Gasteiger partial charge in [-0.3, -0.25) is 10.00 Å². The average Bonchev–Trinajstić information content (AvgIpc) is 2.69. The zero-order valence-electron chi connectivity index (χ0n) is 7.70. The molecule has 13 heavy (non-hydrogen) atoms. The van der Waals surface area contributed by atoms with E-state index in [0.717, 1.165) is 39.3 Å². The molecule has 0 unspecified atom stereocenters. The Labute approximate surface area is 77.9 Å². The van der Waals surface area contributed by atoms with Crippen molar-refractivity contribution in [1.29, 1.82) is 0 Å². The highest BCUT2D eigenvalue weighted by molar-refractivity contribution is 4.97. The lowest BCUT2D eigenvalue weighted by atomic mass is 10.3. The molecular weight excluding hydrogens is 166 g/mol. The van der Waals surface area contributed by atoms with E-state index in [1.165, 1.54) is 5.69 Å². The molecule has 1 aliphatic heterocycles. The summed E-state index contributed by atoms with van der Waals surface area (Å²) in [4.78, 5) is 2.42. The molecule has 4 heteroatoms. The minimum absolute atomic E-state index is 0.878. The number of nitrogens with one attached hydrogen (secondary N) is 1. The van der Waals surface area contributed by atoms with Crippen LogP contribution in [-0.2, 0) is 11.2 Å². The molecule has 72 valence electrons. The second-order valence-electron chi connectivity index (χ2n) is 3.29. The quantitative estimate of drug-likeness (QED) is 0.728. The minimum Gasteiger partial charge on any atom is -0.379 e. The summed E-state index contributed by atoms with van der Waals surface area (Å²) in [7, 11) is 0. The van der Waals surface area contributed by atoms with Crippen LogP contribution in [0.3, 0.4) is 0 Å². The van der Waals surface area contributed by atoms with Gasteiger partial charge in [-0.1, -0.05) is 0 Å². The van der Waals surface area contributed by atoms with Crippen LogP contribution in [0.1, 0.15) is 5.69 Å². The smallest absolute Gasteiger partial charge is 0.0594 e. The number of hydrogen-bond acceptors (Lipinski definition) is 3. The number of aromatic amines is 1. The number of H-pyrrole nitrogens is 1. The van der Waals surface area contributed by atoms with E-state index in [2.05, 4.69) is 15.1 Å². The van der Waals surface area contributed by atoms with Crippen LogP contribution in [0.2, 0.25) is 0 Å². The number of ether oxygens (including phenoxy) is 1. The SMILES string of the molecule is c1cc(CCN2CCOCC2)[nH]n1. The second-order valence-corrected chi connectivity index (χ2v) is 3.29. The van der Waals surface area contributed by atoms with Gasteiger partial charge >= 0.3 is 0 Å². The van der Waals surface area contributed by atoms with E-state index in [-0.39, 0.29) is 0 Å². The molecule has 1 aromatic rings. The summed E-state index contributed by atoms with van der Waals surface area (Å²) in [5.74, 6) is 0. The first-order chi connectivity index (χ1) is 6.45. The maximum absolute atomic E-state index is 5.27. The molecule has 0 bridgehead atoms. The maximum Gasteiger partial charge on any atom is 0.0594 e. The van der Waals surface area contributed by atoms with Crippen molar-refractivity contribution in [1.82, 2.24) is 15.1 Å². The standard InChI is InChI=1S/C9H15N3O/c1-3-10-11-9(1)2-4-12-5-7-13-8-6-12/h1,3H,2,4-8H2,(H,10,11). The van der Waals surface area contributed by atoms with Gasteiger partial charge in [-0.25, -0.2) is 0 Å². The van der Waals surface area contributed by atoms with E-state index in [1.54, 1.807) is 6.20 Å². The van der Waals surface area contributed by atoms with Crippen molar-refractivity contribution >= 4 is 0 Å². The lowest BCUT2D eigenvalue weighted by molar-refractivity contribution is 0.0383. The van der Waals surface area contributed by atoms with Gasteiger partial charge in [0.1, 0.15) is 0 Å². The molecular formula is C9H15N3O. The number of hydrogen-bond donors (Lipinski definition) is 1.